The summed E-state index contributed by atoms with van der Waals surface area (Å²) in [4.78, 5) is 0. The molecule has 0 N–H and O–H groups in total. The van der Waals surface area contributed by atoms with Crippen molar-refractivity contribution in [3.05, 3.63) is 27.7 Å². The molecule has 1 aromatic rings. The van der Waals surface area contributed by atoms with Gasteiger partial charge in [-0.25, -0.2) is 8.78 Å². The number of alkyl halides is 2. The van der Waals surface area contributed by atoms with E-state index in [0.717, 1.165) is 0 Å². The summed E-state index contributed by atoms with van der Waals surface area (Å²) in [6.07, 6.45) is -1.13. The third-order valence-corrected chi connectivity index (χ3v) is 3.08. The Morgan fingerprint density at radius 3 is 2.24 bits per heavy atom. The van der Waals surface area contributed by atoms with Gasteiger partial charge >= 0.3 is 0 Å². The lowest BCUT2D eigenvalue weighted by Crippen LogP contribution is -2.43. The van der Waals surface area contributed by atoms with Crippen LogP contribution < -0.4 is 4.74 Å². The first-order valence-corrected chi connectivity index (χ1v) is 5.60. The molecule has 0 saturated heterocycles. The van der Waals surface area contributed by atoms with Crippen LogP contribution in [-0.2, 0) is 0 Å². The van der Waals surface area contributed by atoms with Gasteiger partial charge in [-0.15, -0.1) is 0 Å². The van der Waals surface area contributed by atoms with E-state index in [9.17, 15) is 8.78 Å². The Bertz CT molecular complexity index is 468. The number of hydrogen-bond acceptors (Lipinski definition) is 2. The van der Waals surface area contributed by atoms with Crippen molar-refractivity contribution >= 4 is 23.2 Å². The Kier molecular flexibility index (Phi) is 3.15. The normalized spacial score (nSPS) is 18.3. The Balaban J connectivity index is 2.11. The highest BCUT2D eigenvalue weighted by molar-refractivity contribution is 6.36. The molecule has 1 aliphatic rings. The van der Waals surface area contributed by atoms with Crippen LogP contribution in [0.5, 0.6) is 5.75 Å². The summed E-state index contributed by atoms with van der Waals surface area (Å²) >= 11 is 11.6. The molecule has 6 heteroatoms. The molecule has 0 amide bonds. The molecule has 2 rings (SSSR count). The molecule has 0 bridgehead atoms. The van der Waals surface area contributed by atoms with Gasteiger partial charge in [0.25, 0.3) is 5.92 Å². The molecule has 0 unspecified atom stereocenters. The average Bonchev–Trinajstić information content (AvgIpc) is 2.14. The summed E-state index contributed by atoms with van der Waals surface area (Å²) in [6.45, 7) is 0. The van der Waals surface area contributed by atoms with Crippen LogP contribution in [0.3, 0.4) is 0 Å². The molecule has 1 aliphatic carbocycles. The van der Waals surface area contributed by atoms with Gasteiger partial charge in [-0.1, -0.05) is 23.2 Å². The van der Waals surface area contributed by atoms with Crippen LogP contribution in [0.4, 0.5) is 8.78 Å². The number of benzene rings is 1. The summed E-state index contributed by atoms with van der Waals surface area (Å²) in [5.74, 6) is -2.33. The van der Waals surface area contributed by atoms with Gasteiger partial charge in [0.1, 0.15) is 17.9 Å². The molecule has 1 saturated carbocycles. The Labute approximate surface area is 107 Å². The molecular formula is C11H7Cl2F2NO. The Morgan fingerprint density at radius 1 is 1.29 bits per heavy atom. The topological polar surface area (TPSA) is 33.0 Å². The van der Waals surface area contributed by atoms with Crippen LogP contribution in [0.15, 0.2) is 12.1 Å². The summed E-state index contributed by atoms with van der Waals surface area (Å²) in [7, 11) is 0. The van der Waals surface area contributed by atoms with Crippen LogP contribution >= 0.6 is 23.2 Å². The fourth-order valence-corrected chi connectivity index (χ4v) is 2.16. The van der Waals surface area contributed by atoms with Crippen molar-refractivity contribution in [1.29, 1.82) is 5.26 Å². The van der Waals surface area contributed by atoms with Crippen LogP contribution in [0.1, 0.15) is 18.4 Å². The standard InChI is InChI=1S/C11H7Cl2F2NO/c12-9-1-6(2-10(13)8(9)5-16)17-7-3-11(14,15)4-7/h1-2,7H,3-4H2. The first kappa shape index (κ1) is 12.4. The minimum atomic E-state index is -2.63. The van der Waals surface area contributed by atoms with Crippen molar-refractivity contribution < 1.29 is 13.5 Å². The molecule has 2 nitrogen and oxygen atoms in total. The van der Waals surface area contributed by atoms with Crippen LogP contribution in [0, 0.1) is 11.3 Å². The van der Waals surface area contributed by atoms with E-state index < -0.39 is 12.0 Å². The lowest BCUT2D eigenvalue weighted by molar-refractivity contribution is -0.134. The highest BCUT2D eigenvalue weighted by Gasteiger charge is 2.47. The zero-order valence-electron chi connectivity index (χ0n) is 8.51. The number of rotatable bonds is 2. The van der Waals surface area contributed by atoms with Gasteiger partial charge in [0, 0.05) is 25.0 Å². The molecule has 1 aromatic carbocycles. The van der Waals surface area contributed by atoms with Gasteiger partial charge in [-0.05, 0) is 0 Å². The third kappa shape index (κ3) is 2.62. The maximum absolute atomic E-state index is 12.6. The van der Waals surface area contributed by atoms with Gasteiger partial charge < -0.3 is 4.74 Å². The molecule has 0 atom stereocenters. The lowest BCUT2D eigenvalue weighted by atomic mass is 9.91. The predicted molar refractivity (Wildman–Crippen MR) is 59.8 cm³/mol. The summed E-state index contributed by atoms with van der Waals surface area (Å²) in [5.41, 5.74) is 0.152. The Morgan fingerprint density at radius 2 is 1.82 bits per heavy atom. The smallest absolute Gasteiger partial charge is 0.255 e. The number of ether oxygens (including phenoxy) is 1. The zero-order valence-corrected chi connectivity index (χ0v) is 10.0. The number of hydrogen-bond donors (Lipinski definition) is 0. The van der Waals surface area contributed by atoms with E-state index in [0.29, 0.717) is 5.75 Å². The molecule has 0 spiro atoms. The fourth-order valence-electron chi connectivity index (χ4n) is 1.61. The van der Waals surface area contributed by atoms with Crippen molar-refractivity contribution in [2.24, 2.45) is 0 Å². The van der Waals surface area contributed by atoms with Gasteiger partial charge in [-0.3, -0.25) is 0 Å². The monoisotopic (exact) mass is 277 g/mol. The molecular weight excluding hydrogens is 271 g/mol. The maximum Gasteiger partial charge on any atom is 0.255 e. The second-order valence-electron chi connectivity index (χ2n) is 3.88. The number of nitrogens with zero attached hydrogens (tertiary/aromatic N) is 1. The number of nitriles is 1. The highest BCUT2D eigenvalue weighted by atomic mass is 35.5. The van der Waals surface area contributed by atoms with Crippen LogP contribution in [0.25, 0.3) is 0 Å². The second kappa shape index (κ2) is 4.32. The first-order valence-electron chi connectivity index (χ1n) is 4.85. The van der Waals surface area contributed by atoms with Crippen molar-refractivity contribution in [3.63, 3.8) is 0 Å². The van der Waals surface area contributed by atoms with Gasteiger partial charge in [-0.2, -0.15) is 5.26 Å². The summed E-state index contributed by atoms with van der Waals surface area (Å²) in [5, 5.41) is 9.05. The van der Waals surface area contributed by atoms with E-state index in [1.165, 1.54) is 12.1 Å². The second-order valence-corrected chi connectivity index (χ2v) is 4.69. The van der Waals surface area contributed by atoms with Crippen LogP contribution in [0.2, 0.25) is 10.0 Å². The largest absolute Gasteiger partial charge is 0.490 e. The van der Waals surface area contributed by atoms with E-state index in [-0.39, 0.29) is 28.5 Å². The van der Waals surface area contributed by atoms with E-state index in [4.69, 9.17) is 33.2 Å². The molecule has 0 aliphatic heterocycles. The molecule has 0 radical (unpaired) electrons. The van der Waals surface area contributed by atoms with E-state index in [1.807, 2.05) is 6.07 Å². The average molecular weight is 278 g/mol. The first-order chi connectivity index (χ1) is 7.91. The minimum Gasteiger partial charge on any atom is -0.490 e. The SMILES string of the molecule is N#Cc1c(Cl)cc(OC2CC(F)(F)C2)cc1Cl. The van der Waals surface area contributed by atoms with Gasteiger partial charge in [0.05, 0.1) is 15.6 Å². The van der Waals surface area contributed by atoms with Crippen molar-refractivity contribution in [2.45, 2.75) is 24.9 Å². The quantitative estimate of drug-likeness (QED) is 0.817. The van der Waals surface area contributed by atoms with Crippen molar-refractivity contribution in [2.75, 3.05) is 0 Å². The van der Waals surface area contributed by atoms with Gasteiger partial charge in [0.15, 0.2) is 0 Å². The molecule has 90 valence electrons. The predicted octanol–water partition coefficient (Wildman–Crippen LogP) is 4.04. The summed E-state index contributed by atoms with van der Waals surface area (Å²) in [6, 6.07) is 4.66. The third-order valence-electron chi connectivity index (χ3n) is 2.48. The van der Waals surface area contributed by atoms with Gasteiger partial charge in [0.2, 0.25) is 0 Å². The molecule has 0 aromatic heterocycles. The lowest BCUT2D eigenvalue weighted by Gasteiger charge is -2.34. The van der Waals surface area contributed by atoms with E-state index in [1.54, 1.807) is 0 Å². The highest BCUT2D eigenvalue weighted by Crippen LogP contribution is 2.40. The minimum absolute atomic E-state index is 0.152. The molecule has 17 heavy (non-hydrogen) atoms. The van der Waals surface area contributed by atoms with E-state index in [2.05, 4.69) is 0 Å². The van der Waals surface area contributed by atoms with Crippen LogP contribution in [-0.4, -0.2) is 12.0 Å². The zero-order chi connectivity index (χ0) is 12.6. The van der Waals surface area contributed by atoms with Crippen molar-refractivity contribution in [1.82, 2.24) is 0 Å². The Hall–Kier alpha value is -1.05. The number of halogens is 4. The fraction of sp³-hybridized carbons (Fsp3) is 0.364. The summed E-state index contributed by atoms with van der Waals surface area (Å²) < 4.78 is 30.5. The molecule has 0 heterocycles. The van der Waals surface area contributed by atoms with E-state index >= 15 is 0 Å². The maximum atomic E-state index is 12.6. The van der Waals surface area contributed by atoms with Crippen molar-refractivity contribution in [3.8, 4) is 11.8 Å². The molecule has 1 fully saturated rings.